The molecule has 11 heteroatoms. The van der Waals surface area contributed by atoms with E-state index in [0.717, 1.165) is 47.5 Å². The number of anilines is 1. The molecule has 48 heavy (non-hydrogen) atoms. The van der Waals surface area contributed by atoms with E-state index < -0.39 is 28.5 Å². The van der Waals surface area contributed by atoms with Crippen molar-refractivity contribution in [3.05, 3.63) is 129 Å². The summed E-state index contributed by atoms with van der Waals surface area (Å²) in [5.74, 6) is -0.856. The number of amides is 2. The molecule has 0 aromatic heterocycles. The summed E-state index contributed by atoms with van der Waals surface area (Å²) < 4.78 is 29.5. The number of hydrogen-bond acceptors (Lipinski definition) is 4. The SMILES string of the molecule is Cc1ccc(S(=O)(=O)N(CC(=O)N(Cc2ccc(Cl)c(Cl)c2)[C@H](Cc2ccccc2)C(=O)NC2CCCCC2)c2ccc(Cl)cc2)cc1. The largest absolute Gasteiger partial charge is 0.352 e. The zero-order chi connectivity index (χ0) is 34.3. The van der Waals surface area contributed by atoms with E-state index in [1.807, 2.05) is 37.3 Å². The maximum Gasteiger partial charge on any atom is 0.264 e. The molecule has 1 atom stereocenters. The van der Waals surface area contributed by atoms with Crippen LogP contribution in [0.2, 0.25) is 15.1 Å². The Morgan fingerprint density at radius 1 is 0.812 bits per heavy atom. The summed E-state index contributed by atoms with van der Waals surface area (Å²) in [6.07, 6.45) is 5.11. The van der Waals surface area contributed by atoms with Crippen LogP contribution in [0, 0.1) is 6.92 Å². The number of carbonyl (C=O) groups is 2. The lowest BCUT2D eigenvalue weighted by Gasteiger charge is -2.35. The molecule has 1 N–H and O–H groups in total. The van der Waals surface area contributed by atoms with Crippen LogP contribution in [-0.2, 0) is 32.6 Å². The molecule has 1 aliphatic carbocycles. The van der Waals surface area contributed by atoms with E-state index in [2.05, 4.69) is 5.32 Å². The van der Waals surface area contributed by atoms with Crippen molar-refractivity contribution in [3.63, 3.8) is 0 Å². The first-order chi connectivity index (χ1) is 23.0. The molecule has 0 heterocycles. The lowest BCUT2D eigenvalue weighted by molar-refractivity contribution is -0.140. The molecule has 0 aliphatic heterocycles. The van der Waals surface area contributed by atoms with Gasteiger partial charge in [0, 0.05) is 24.0 Å². The Bertz CT molecular complexity index is 1820. The van der Waals surface area contributed by atoms with Gasteiger partial charge >= 0.3 is 0 Å². The van der Waals surface area contributed by atoms with Gasteiger partial charge in [0.1, 0.15) is 12.6 Å². The molecule has 7 nitrogen and oxygen atoms in total. The van der Waals surface area contributed by atoms with Crippen molar-refractivity contribution in [2.75, 3.05) is 10.8 Å². The van der Waals surface area contributed by atoms with Crippen molar-refractivity contribution in [2.24, 2.45) is 0 Å². The van der Waals surface area contributed by atoms with Crippen LogP contribution in [0.1, 0.15) is 48.8 Å². The third kappa shape index (κ3) is 9.11. The van der Waals surface area contributed by atoms with Gasteiger partial charge in [-0.25, -0.2) is 8.42 Å². The van der Waals surface area contributed by atoms with Crippen molar-refractivity contribution in [1.29, 1.82) is 0 Å². The second kappa shape index (κ2) is 16.2. The second-order valence-electron chi connectivity index (χ2n) is 12.1. The van der Waals surface area contributed by atoms with Crippen molar-refractivity contribution in [1.82, 2.24) is 10.2 Å². The van der Waals surface area contributed by atoms with E-state index in [0.29, 0.717) is 20.6 Å². The Hall–Kier alpha value is -3.56. The molecule has 2 amide bonds. The second-order valence-corrected chi connectivity index (χ2v) is 15.2. The number of carbonyl (C=O) groups excluding carboxylic acids is 2. The summed E-state index contributed by atoms with van der Waals surface area (Å²) in [5.41, 5.74) is 2.65. The fourth-order valence-electron chi connectivity index (χ4n) is 5.91. The molecule has 1 saturated carbocycles. The number of benzene rings is 4. The highest BCUT2D eigenvalue weighted by atomic mass is 35.5. The first-order valence-electron chi connectivity index (χ1n) is 15.9. The zero-order valence-electron chi connectivity index (χ0n) is 26.6. The third-order valence-electron chi connectivity index (χ3n) is 8.56. The van der Waals surface area contributed by atoms with Crippen LogP contribution in [0.4, 0.5) is 5.69 Å². The van der Waals surface area contributed by atoms with Gasteiger partial charge in [-0.3, -0.25) is 13.9 Å². The molecule has 5 rings (SSSR count). The number of nitrogens with one attached hydrogen (secondary N) is 1. The minimum Gasteiger partial charge on any atom is -0.352 e. The van der Waals surface area contributed by atoms with Crippen LogP contribution in [0.25, 0.3) is 0 Å². The Morgan fingerprint density at radius 3 is 2.12 bits per heavy atom. The quantitative estimate of drug-likeness (QED) is 0.159. The molecule has 0 radical (unpaired) electrons. The number of aryl methyl sites for hydroxylation is 1. The van der Waals surface area contributed by atoms with Gasteiger partial charge < -0.3 is 10.2 Å². The minimum atomic E-state index is -4.22. The van der Waals surface area contributed by atoms with Gasteiger partial charge in [-0.05, 0) is 79.4 Å². The van der Waals surface area contributed by atoms with Crippen LogP contribution in [-0.4, -0.2) is 43.8 Å². The average Bonchev–Trinajstić information content (AvgIpc) is 3.08. The Labute approximate surface area is 297 Å². The molecule has 0 saturated heterocycles. The van der Waals surface area contributed by atoms with Gasteiger partial charge in [0.2, 0.25) is 11.8 Å². The first-order valence-corrected chi connectivity index (χ1v) is 18.5. The summed E-state index contributed by atoms with van der Waals surface area (Å²) in [4.78, 5) is 30.4. The van der Waals surface area contributed by atoms with Gasteiger partial charge in [0.05, 0.1) is 20.6 Å². The lowest BCUT2D eigenvalue weighted by atomic mass is 9.94. The molecule has 4 aromatic rings. The number of hydrogen-bond donors (Lipinski definition) is 1. The van der Waals surface area contributed by atoms with Crippen molar-refractivity contribution < 1.29 is 18.0 Å². The summed E-state index contributed by atoms with van der Waals surface area (Å²) in [6.45, 7) is 1.29. The predicted molar refractivity (Wildman–Crippen MR) is 193 cm³/mol. The van der Waals surface area contributed by atoms with Gasteiger partial charge in [0.25, 0.3) is 10.0 Å². The highest BCUT2D eigenvalue weighted by Gasteiger charge is 2.35. The standard InChI is InChI=1S/C37H38Cl3N3O4S/c1-26-12-19-32(20-13-26)48(46,47)43(31-17-15-29(38)16-18-31)25-36(44)42(24-28-14-21-33(39)34(40)22-28)35(23-27-8-4-2-5-9-27)37(45)41-30-10-6-3-7-11-30/h2,4-5,8-9,12-22,30,35H,3,6-7,10-11,23-25H2,1H3,(H,41,45)/t35-/m1/s1. The summed E-state index contributed by atoms with van der Waals surface area (Å²) >= 11 is 18.8. The fraction of sp³-hybridized carbons (Fsp3) is 0.297. The molecule has 252 valence electrons. The maximum atomic E-state index is 14.7. The molecule has 0 unspecified atom stereocenters. The monoisotopic (exact) mass is 725 g/mol. The van der Waals surface area contributed by atoms with E-state index in [1.165, 1.54) is 17.0 Å². The minimum absolute atomic E-state index is 0.000988. The van der Waals surface area contributed by atoms with Gasteiger partial charge in [-0.15, -0.1) is 0 Å². The van der Waals surface area contributed by atoms with Gasteiger partial charge in [0.15, 0.2) is 0 Å². The van der Waals surface area contributed by atoms with Crippen molar-refractivity contribution in [2.45, 2.75) is 69.0 Å². The number of nitrogens with zero attached hydrogens (tertiary/aromatic N) is 2. The lowest BCUT2D eigenvalue weighted by Crippen LogP contribution is -2.55. The summed E-state index contributed by atoms with van der Waals surface area (Å²) in [6, 6.07) is 26.2. The van der Waals surface area contributed by atoms with Crippen LogP contribution < -0.4 is 9.62 Å². The van der Waals surface area contributed by atoms with Crippen LogP contribution in [0.15, 0.2) is 102 Å². The summed E-state index contributed by atoms with van der Waals surface area (Å²) in [5, 5.41) is 4.28. The first kappa shape index (κ1) is 35.7. The van der Waals surface area contributed by atoms with E-state index in [9.17, 15) is 18.0 Å². The molecular weight excluding hydrogens is 689 g/mol. The number of rotatable bonds is 12. The molecular formula is C37H38Cl3N3O4S. The average molecular weight is 727 g/mol. The Morgan fingerprint density at radius 2 is 1.48 bits per heavy atom. The van der Waals surface area contributed by atoms with Crippen LogP contribution >= 0.6 is 34.8 Å². The fourth-order valence-corrected chi connectivity index (χ4v) is 7.77. The van der Waals surface area contributed by atoms with Crippen LogP contribution in [0.5, 0.6) is 0 Å². The molecule has 1 aliphatic rings. The molecule has 0 bridgehead atoms. The normalized spacial score (nSPS) is 14.2. The Balaban J connectivity index is 1.57. The summed E-state index contributed by atoms with van der Waals surface area (Å²) in [7, 11) is -4.22. The zero-order valence-corrected chi connectivity index (χ0v) is 29.7. The third-order valence-corrected chi connectivity index (χ3v) is 11.3. The van der Waals surface area contributed by atoms with E-state index in [-0.39, 0.29) is 35.5 Å². The maximum absolute atomic E-state index is 14.7. The van der Waals surface area contributed by atoms with Crippen molar-refractivity contribution in [3.8, 4) is 0 Å². The number of halogens is 3. The van der Waals surface area contributed by atoms with Crippen molar-refractivity contribution >= 4 is 62.3 Å². The highest BCUT2D eigenvalue weighted by Crippen LogP contribution is 2.28. The van der Waals surface area contributed by atoms with Gasteiger partial charge in [-0.2, -0.15) is 0 Å². The molecule has 1 fully saturated rings. The van der Waals surface area contributed by atoms with Gasteiger partial charge in [-0.1, -0.05) is 108 Å². The van der Waals surface area contributed by atoms with E-state index >= 15 is 0 Å². The Kier molecular flexibility index (Phi) is 12.1. The van der Waals surface area contributed by atoms with E-state index in [1.54, 1.807) is 54.6 Å². The van der Waals surface area contributed by atoms with Crippen LogP contribution in [0.3, 0.4) is 0 Å². The molecule has 4 aromatic carbocycles. The number of sulfonamides is 1. The molecule has 0 spiro atoms. The highest BCUT2D eigenvalue weighted by molar-refractivity contribution is 7.92. The predicted octanol–water partition coefficient (Wildman–Crippen LogP) is 8.24. The smallest absolute Gasteiger partial charge is 0.264 e. The topological polar surface area (TPSA) is 86.8 Å². The van der Waals surface area contributed by atoms with E-state index in [4.69, 9.17) is 34.8 Å².